The van der Waals surface area contributed by atoms with Gasteiger partial charge in [-0.3, -0.25) is 0 Å². The Hall–Kier alpha value is -1.00. The minimum atomic E-state index is -2.87. The number of hydrogen-bond donors (Lipinski definition) is 2. The van der Waals surface area contributed by atoms with E-state index >= 15 is 0 Å². The first-order chi connectivity index (χ1) is 8.98. The zero-order valence-corrected chi connectivity index (χ0v) is 10.9. The lowest BCUT2D eigenvalue weighted by Crippen LogP contribution is -2.33. The van der Waals surface area contributed by atoms with Gasteiger partial charge in [0.15, 0.2) is 0 Å². The second-order valence-corrected chi connectivity index (χ2v) is 5.35. The topological polar surface area (TPSA) is 40.5 Å². The molecule has 1 aromatic rings. The fraction of sp³-hybridized carbons (Fsp3) is 0.600. The van der Waals surface area contributed by atoms with Gasteiger partial charge >= 0.3 is 0 Å². The number of benzene rings is 1. The summed E-state index contributed by atoms with van der Waals surface area (Å²) in [5.74, 6) is -2.87. The van der Waals surface area contributed by atoms with Crippen molar-refractivity contribution in [3.63, 3.8) is 0 Å². The first kappa shape index (κ1) is 14.4. The quantitative estimate of drug-likeness (QED) is 0.779. The lowest BCUT2D eigenvalue weighted by molar-refractivity contribution is -0.0393. The number of alkyl halides is 2. The molecule has 0 atom stereocenters. The number of unbranched alkanes of at least 4 members (excludes halogenated alkanes) is 1. The molecule has 2 N–H and O–H groups in total. The number of aliphatic hydroxyl groups excluding tert-OH is 1. The second kappa shape index (κ2) is 5.55. The largest absolute Gasteiger partial charge is 0.396 e. The smallest absolute Gasteiger partial charge is 0.273 e. The highest BCUT2D eigenvalue weighted by Crippen LogP contribution is 2.42. The van der Waals surface area contributed by atoms with E-state index in [1.54, 1.807) is 12.1 Å². The van der Waals surface area contributed by atoms with Crippen LogP contribution in [-0.4, -0.2) is 16.8 Å². The van der Waals surface area contributed by atoms with Crippen molar-refractivity contribution in [2.24, 2.45) is 0 Å². The monoisotopic (exact) mass is 270 g/mol. The zero-order chi connectivity index (χ0) is 13.9. The molecule has 1 aliphatic rings. The molecule has 0 heterocycles. The van der Waals surface area contributed by atoms with Crippen LogP contribution in [-0.2, 0) is 11.5 Å². The number of halogens is 2. The summed E-state index contributed by atoms with van der Waals surface area (Å²) in [6, 6.07) is 6.03. The van der Waals surface area contributed by atoms with Gasteiger partial charge in [0.25, 0.3) is 5.92 Å². The minimum Gasteiger partial charge on any atom is -0.396 e. The summed E-state index contributed by atoms with van der Waals surface area (Å²) in [4.78, 5) is 0. The summed E-state index contributed by atoms with van der Waals surface area (Å²) in [6.07, 6.45) is 2.84. The van der Waals surface area contributed by atoms with Gasteiger partial charge in [0.1, 0.15) is 0 Å². The van der Waals surface area contributed by atoms with E-state index in [0.29, 0.717) is 25.7 Å². The first-order valence-corrected chi connectivity index (χ1v) is 6.80. The van der Waals surface area contributed by atoms with E-state index in [-0.39, 0.29) is 18.6 Å². The lowest BCUT2D eigenvalue weighted by Gasteiger charge is -2.37. The highest BCUT2D eigenvalue weighted by Gasteiger charge is 2.37. The predicted octanol–water partition coefficient (Wildman–Crippen LogP) is 3.31. The van der Waals surface area contributed by atoms with Crippen LogP contribution < -0.4 is 0 Å². The highest BCUT2D eigenvalue weighted by molar-refractivity contribution is 5.30. The van der Waals surface area contributed by atoms with E-state index in [1.807, 2.05) is 0 Å². The van der Waals surface area contributed by atoms with Gasteiger partial charge in [-0.15, -0.1) is 0 Å². The molecule has 0 saturated heterocycles. The van der Waals surface area contributed by atoms with Gasteiger partial charge in [0.05, 0.1) is 5.60 Å². The normalized spacial score (nSPS) is 18.1. The van der Waals surface area contributed by atoms with Crippen LogP contribution in [0.1, 0.15) is 49.7 Å². The van der Waals surface area contributed by atoms with Gasteiger partial charge in [0.2, 0.25) is 0 Å². The third-order valence-corrected chi connectivity index (χ3v) is 3.92. The standard InChI is InChI=1S/C15H20F2O2/c16-15(17,10-1-2-11-18)13-6-4-12(5-7-13)14(19)8-3-9-14/h4-7,18-19H,1-3,8-11H2. The molecule has 0 bridgehead atoms. The Kier molecular flexibility index (Phi) is 4.21. The van der Waals surface area contributed by atoms with Crippen LogP contribution in [0.2, 0.25) is 0 Å². The Morgan fingerprint density at radius 2 is 1.74 bits per heavy atom. The molecule has 1 aromatic carbocycles. The highest BCUT2D eigenvalue weighted by atomic mass is 19.3. The third-order valence-electron chi connectivity index (χ3n) is 3.92. The molecule has 0 radical (unpaired) electrons. The first-order valence-electron chi connectivity index (χ1n) is 6.80. The summed E-state index contributed by atoms with van der Waals surface area (Å²) in [5, 5.41) is 18.8. The van der Waals surface area contributed by atoms with Gasteiger partial charge in [-0.1, -0.05) is 24.3 Å². The molecule has 1 saturated carbocycles. The Bertz CT molecular complexity index is 411. The maximum absolute atomic E-state index is 13.9. The molecule has 0 aliphatic heterocycles. The maximum Gasteiger partial charge on any atom is 0.273 e. The molecule has 2 rings (SSSR count). The maximum atomic E-state index is 13.9. The summed E-state index contributed by atoms with van der Waals surface area (Å²) >= 11 is 0. The van der Waals surface area contributed by atoms with Gasteiger partial charge in [-0.2, -0.15) is 0 Å². The Labute approximate surface area is 112 Å². The van der Waals surface area contributed by atoms with Crippen molar-refractivity contribution < 1.29 is 19.0 Å². The van der Waals surface area contributed by atoms with Crippen LogP contribution in [0.25, 0.3) is 0 Å². The molecule has 1 fully saturated rings. The lowest BCUT2D eigenvalue weighted by atomic mass is 9.75. The van der Waals surface area contributed by atoms with Crippen LogP contribution in [0.3, 0.4) is 0 Å². The minimum absolute atomic E-state index is 0.0166. The van der Waals surface area contributed by atoms with Gasteiger partial charge in [-0.25, -0.2) is 8.78 Å². The number of hydrogen-bond acceptors (Lipinski definition) is 2. The summed E-state index contributed by atoms with van der Waals surface area (Å²) < 4.78 is 27.7. The Balaban J connectivity index is 2.04. The second-order valence-electron chi connectivity index (χ2n) is 5.35. The van der Waals surface area contributed by atoms with Crippen molar-refractivity contribution in [2.75, 3.05) is 6.61 Å². The molecule has 4 heteroatoms. The van der Waals surface area contributed by atoms with E-state index in [0.717, 1.165) is 12.0 Å². The van der Waals surface area contributed by atoms with Gasteiger partial charge in [0, 0.05) is 18.6 Å². The summed E-state index contributed by atoms with van der Waals surface area (Å²) in [6.45, 7) is -0.0535. The number of aliphatic hydroxyl groups is 2. The van der Waals surface area contributed by atoms with Gasteiger partial charge in [-0.05, 0) is 37.7 Å². The Morgan fingerprint density at radius 3 is 2.21 bits per heavy atom. The van der Waals surface area contributed by atoms with E-state index < -0.39 is 11.5 Å². The Morgan fingerprint density at radius 1 is 1.11 bits per heavy atom. The van der Waals surface area contributed by atoms with Gasteiger partial charge < -0.3 is 10.2 Å². The van der Waals surface area contributed by atoms with E-state index in [1.165, 1.54) is 12.1 Å². The van der Waals surface area contributed by atoms with E-state index in [4.69, 9.17) is 5.11 Å². The molecule has 0 amide bonds. The summed E-state index contributed by atoms with van der Waals surface area (Å²) in [5.41, 5.74) is -0.0872. The molecular weight excluding hydrogens is 250 g/mol. The summed E-state index contributed by atoms with van der Waals surface area (Å²) in [7, 11) is 0. The van der Waals surface area contributed by atoms with Crippen molar-refractivity contribution >= 4 is 0 Å². The molecule has 0 aromatic heterocycles. The third kappa shape index (κ3) is 3.12. The molecule has 0 unspecified atom stereocenters. The van der Waals surface area contributed by atoms with Crippen LogP contribution in [0, 0.1) is 0 Å². The SMILES string of the molecule is OCCCCC(F)(F)c1ccc(C2(O)CCC2)cc1. The fourth-order valence-corrected chi connectivity index (χ4v) is 2.43. The van der Waals surface area contributed by atoms with Crippen molar-refractivity contribution in [2.45, 2.75) is 50.0 Å². The molecular formula is C15H20F2O2. The van der Waals surface area contributed by atoms with Crippen LogP contribution >= 0.6 is 0 Å². The average Bonchev–Trinajstić information content (AvgIpc) is 2.36. The number of rotatable bonds is 6. The van der Waals surface area contributed by atoms with Crippen molar-refractivity contribution in [3.8, 4) is 0 Å². The average molecular weight is 270 g/mol. The fourth-order valence-electron chi connectivity index (χ4n) is 2.43. The molecule has 106 valence electrons. The predicted molar refractivity (Wildman–Crippen MR) is 69.0 cm³/mol. The molecule has 1 aliphatic carbocycles. The van der Waals surface area contributed by atoms with Crippen molar-refractivity contribution in [1.82, 2.24) is 0 Å². The molecule has 2 nitrogen and oxygen atoms in total. The van der Waals surface area contributed by atoms with Crippen LogP contribution in [0.4, 0.5) is 8.78 Å². The zero-order valence-electron chi connectivity index (χ0n) is 10.9. The van der Waals surface area contributed by atoms with E-state index in [9.17, 15) is 13.9 Å². The van der Waals surface area contributed by atoms with Crippen LogP contribution in [0.5, 0.6) is 0 Å². The van der Waals surface area contributed by atoms with Crippen molar-refractivity contribution in [3.05, 3.63) is 35.4 Å². The van der Waals surface area contributed by atoms with E-state index in [2.05, 4.69) is 0 Å². The molecule has 19 heavy (non-hydrogen) atoms. The molecule has 0 spiro atoms. The van der Waals surface area contributed by atoms with Crippen molar-refractivity contribution in [1.29, 1.82) is 0 Å². The van der Waals surface area contributed by atoms with Crippen LogP contribution in [0.15, 0.2) is 24.3 Å².